The maximum Gasteiger partial charge on any atom is 0.514 e. The van der Waals surface area contributed by atoms with E-state index in [0.29, 0.717) is 24.7 Å². The van der Waals surface area contributed by atoms with Gasteiger partial charge in [0, 0.05) is 13.8 Å². The van der Waals surface area contributed by atoms with Gasteiger partial charge in [0.25, 0.3) is 0 Å². The van der Waals surface area contributed by atoms with Gasteiger partial charge in [0.15, 0.2) is 0 Å². The summed E-state index contributed by atoms with van der Waals surface area (Å²) in [7, 11) is -11.1. The van der Waals surface area contributed by atoms with Crippen LogP contribution in [0.1, 0.15) is 55.4 Å². The number of benzene rings is 6. The molecule has 0 aliphatic rings. The summed E-state index contributed by atoms with van der Waals surface area (Å²) >= 11 is 0. The third-order valence-corrected chi connectivity index (χ3v) is 14.6. The molecule has 6 aromatic rings. The van der Waals surface area contributed by atoms with Crippen LogP contribution in [0.5, 0.6) is 34.5 Å². The van der Waals surface area contributed by atoms with Crippen LogP contribution in [-0.4, -0.2) is 73.9 Å². The normalized spacial score (nSPS) is 11.3. The van der Waals surface area contributed by atoms with Gasteiger partial charge in [0.2, 0.25) is 29.5 Å². The molecule has 0 heterocycles. The Balaban J connectivity index is 0.000000254. The second-order valence-corrected chi connectivity index (χ2v) is 23.7. The summed E-state index contributed by atoms with van der Waals surface area (Å²) < 4.78 is 116. The molecule has 77 heavy (non-hydrogen) atoms. The van der Waals surface area contributed by atoms with Crippen molar-refractivity contribution in [2.45, 2.75) is 96.0 Å². The first-order valence-corrected chi connectivity index (χ1v) is 27.5. The fourth-order valence-corrected chi connectivity index (χ4v) is 9.74. The van der Waals surface area contributed by atoms with Crippen molar-refractivity contribution in [2.24, 2.45) is 0 Å². The fourth-order valence-electron chi connectivity index (χ4n) is 5.96. The third-order valence-electron chi connectivity index (χ3n) is 9.24. The van der Waals surface area contributed by atoms with Gasteiger partial charge >= 0.3 is 24.2 Å². The van der Waals surface area contributed by atoms with Crippen molar-refractivity contribution in [3.63, 3.8) is 0 Å². The molecule has 0 spiro atoms. The highest BCUT2D eigenvalue weighted by molar-refractivity contribution is 7.92. The standard InChI is InChI=1S/C22H26O8S.C18H18O4S.C16H14O6S/c1-21(2,3)29-19(23)27-15-7-11-17(12-8-15)31(25,26)18-13-9-16(10-14-18)28-20(24)30-22(4,5)6;1-3-13-21-15-5-9-17(10-6-15)23(19,20)18-11-7-16(8-12-18)22-14-4-2;1-11(17)21-13-3-7-15(8-4-13)23(19,20)16-9-5-14(6-10-16)22-12(2)18/h7-14H,1-6H3;3-12H,1-2,13-14H2;3-10H,1-2H3. The zero-order chi connectivity index (χ0) is 57.2. The van der Waals surface area contributed by atoms with E-state index in [0.717, 1.165) is 0 Å². The molecule has 6 aromatic carbocycles. The van der Waals surface area contributed by atoms with Crippen molar-refractivity contribution in [1.29, 1.82) is 0 Å². The predicted octanol–water partition coefficient (Wildman–Crippen LogP) is 11.2. The third kappa shape index (κ3) is 19.7. The van der Waals surface area contributed by atoms with E-state index < -0.39 is 65.0 Å². The van der Waals surface area contributed by atoms with Crippen LogP contribution < -0.4 is 28.4 Å². The number of carbonyl (C=O) groups excluding carboxylic acids is 4. The van der Waals surface area contributed by atoms with Crippen molar-refractivity contribution in [3.8, 4) is 34.5 Å². The second-order valence-electron chi connectivity index (χ2n) is 17.9. The minimum absolute atomic E-state index is 0.00449. The molecule has 0 atom stereocenters. The van der Waals surface area contributed by atoms with E-state index in [1.54, 1.807) is 78.0 Å². The highest BCUT2D eigenvalue weighted by Crippen LogP contribution is 2.29. The average Bonchev–Trinajstić information content (AvgIpc) is 3.35. The van der Waals surface area contributed by atoms with Crippen LogP contribution >= 0.6 is 0 Å². The molecule has 0 aromatic heterocycles. The molecule has 0 saturated carbocycles. The minimum Gasteiger partial charge on any atom is -0.490 e. The molecule has 0 bridgehead atoms. The number of hydrogen-bond donors (Lipinski definition) is 0. The highest BCUT2D eigenvalue weighted by atomic mass is 32.2. The second kappa shape index (κ2) is 27.0. The van der Waals surface area contributed by atoms with E-state index in [-0.39, 0.29) is 52.4 Å². The van der Waals surface area contributed by atoms with E-state index in [1.165, 1.54) is 135 Å². The zero-order valence-electron chi connectivity index (χ0n) is 43.4. The van der Waals surface area contributed by atoms with Crippen molar-refractivity contribution < 1.29 is 82.3 Å². The van der Waals surface area contributed by atoms with Gasteiger partial charge < -0.3 is 37.9 Å². The van der Waals surface area contributed by atoms with Crippen molar-refractivity contribution in [3.05, 3.63) is 171 Å². The van der Waals surface area contributed by atoms with Gasteiger partial charge in [-0.2, -0.15) is 0 Å². The molecule has 18 nitrogen and oxygen atoms in total. The van der Waals surface area contributed by atoms with E-state index in [2.05, 4.69) is 13.2 Å². The number of esters is 2. The van der Waals surface area contributed by atoms with Crippen molar-refractivity contribution in [2.75, 3.05) is 13.2 Å². The fraction of sp³-hybridized carbons (Fsp3) is 0.214. The van der Waals surface area contributed by atoms with E-state index in [4.69, 9.17) is 37.9 Å². The molecule has 0 aliphatic heterocycles. The Bertz CT molecular complexity index is 3120. The molecule has 0 amide bonds. The van der Waals surface area contributed by atoms with Gasteiger partial charge in [-0.1, -0.05) is 25.3 Å². The van der Waals surface area contributed by atoms with Crippen LogP contribution in [0.3, 0.4) is 0 Å². The number of ether oxygens (including phenoxy) is 8. The molecule has 408 valence electrons. The Hall–Kier alpha value is -8.27. The van der Waals surface area contributed by atoms with Gasteiger partial charge in [-0.05, 0) is 187 Å². The van der Waals surface area contributed by atoms with Crippen LogP contribution in [-0.2, 0) is 48.6 Å². The smallest absolute Gasteiger partial charge is 0.490 e. The molecule has 6 rings (SSSR count). The Labute approximate surface area is 448 Å². The Morgan fingerprint density at radius 2 is 0.558 bits per heavy atom. The molecule has 21 heteroatoms. The van der Waals surface area contributed by atoms with Crippen LogP contribution in [0, 0.1) is 0 Å². The van der Waals surface area contributed by atoms with Crippen molar-refractivity contribution >= 4 is 53.8 Å². The van der Waals surface area contributed by atoms with E-state index in [1.807, 2.05) is 0 Å². The Kier molecular flexibility index (Phi) is 21.5. The highest BCUT2D eigenvalue weighted by Gasteiger charge is 2.23. The van der Waals surface area contributed by atoms with E-state index >= 15 is 0 Å². The van der Waals surface area contributed by atoms with Gasteiger partial charge in [-0.15, -0.1) is 0 Å². The summed E-state index contributed by atoms with van der Waals surface area (Å²) in [5.41, 5.74) is -1.42. The maximum absolute atomic E-state index is 12.8. The quantitative estimate of drug-likeness (QED) is 0.0378. The van der Waals surface area contributed by atoms with Gasteiger partial charge in [-0.25, -0.2) is 34.8 Å². The van der Waals surface area contributed by atoms with Crippen LogP contribution in [0.4, 0.5) is 9.59 Å². The summed E-state index contributed by atoms with van der Waals surface area (Å²) in [6.07, 6.45) is 1.48. The first kappa shape index (κ1) is 61.3. The van der Waals surface area contributed by atoms with Gasteiger partial charge in [-0.3, -0.25) is 9.59 Å². The van der Waals surface area contributed by atoms with Crippen LogP contribution in [0.2, 0.25) is 0 Å². The number of carbonyl (C=O) groups is 4. The summed E-state index contributed by atoms with van der Waals surface area (Å²) in [6, 6.07) is 34.3. The molecule has 0 radical (unpaired) electrons. The monoisotopic (exact) mass is 1110 g/mol. The predicted molar refractivity (Wildman–Crippen MR) is 283 cm³/mol. The molecular formula is C56H58O18S3. The first-order chi connectivity index (χ1) is 36.0. The Morgan fingerprint density at radius 1 is 0.364 bits per heavy atom. The molecule has 0 aliphatic carbocycles. The summed E-state index contributed by atoms with van der Waals surface area (Å²) in [6.45, 7) is 20.6. The van der Waals surface area contributed by atoms with Gasteiger partial charge in [0.1, 0.15) is 58.9 Å². The molecule has 0 N–H and O–H groups in total. The lowest BCUT2D eigenvalue weighted by Gasteiger charge is -2.18. The minimum atomic E-state index is -3.83. The lowest BCUT2D eigenvalue weighted by molar-refractivity contribution is -0.132. The van der Waals surface area contributed by atoms with E-state index in [9.17, 15) is 44.4 Å². The number of hydrogen-bond acceptors (Lipinski definition) is 18. The SMILES string of the molecule is C=CCOc1ccc(S(=O)(=O)c2ccc(OCC=C)cc2)cc1.CC(=O)Oc1ccc(S(=O)(=O)c2ccc(OC(C)=O)cc2)cc1.CC(C)(C)OC(=O)Oc1ccc(S(=O)(=O)c2ccc(OC(=O)OC(C)(C)C)cc2)cc1. The maximum atomic E-state index is 12.8. The molecule has 0 unspecified atom stereocenters. The lowest BCUT2D eigenvalue weighted by Crippen LogP contribution is -2.25. The van der Waals surface area contributed by atoms with Crippen LogP contribution in [0.15, 0.2) is 200 Å². The summed E-state index contributed by atoms with van der Waals surface area (Å²) in [4.78, 5) is 45.7. The van der Waals surface area contributed by atoms with Crippen LogP contribution in [0.25, 0.3) is 0 Å². The van der Waals surface area contributed by atoms with Gasteiger partial charge in [0.05, 0.1) is 29.4 Å². The summed E-state index contributed by atoms with van der Waals surface area (Å²) in [5, 5.41) is 0. The largest absolute Gasteiger partial charge is 0.514 e. The molecular weight excluding hydrogens is 1060 g/mol. The molecule has 0 saturated heterocycles. The van der Waals surface area contributed by atoms with Crippen molar-refractivity contribution in [1.82, 2.24) is 0 Å². The zero-order valence-corrected chi connectivity index (χ0v) is 45.9. The Morgan fingerprint density at radius 3 is 0.740 bits per heavy atom. The number of rotatable bonds is 16. The lowest BCUT2D eigenvalue weighted by atomic mass is 10.2. The summed E-state index contributed by atoms with van der Waals surface area (Å²) in [5.74, 6) is 1.05. The average molecular weight is 1120 g/mol. The topological polar surface area (TPSA) is 245 Å². The molecule has 0 fully saturated rings. The number of sulfone groups is 3. The first-order valence-electron chi connectivity index (χ1n) is 23.0.